The molecule has 6 nitrogen and oxygen atoms in total. The fourth-order valence-corrected chi connectivity index (χ4v) is 2.43. The number of carboxylic acids is 1. The summed E-state index contributed by atoms with van der Waals surface area (Å²) >= 11 is 0. The van der Waals surface area contributed by atoms with Crippen LogP contribution in [0.5, 0.6) is 0 Å². The minimum absolute atomic E-state index is 0.00376. The van der Waals surface area contributed by atoms with E-state index < -0.39 is 17.9 Å². The predicted molar refractivity (Wildman–Crippen MR) is 79.9 cm³/mol. The Labute approximate surface area is 131 Å². The van der Waals surface area contributed by atoms with Crippen LogP contribution in [-0.4, -0.2) is 32.8 Å². The highest BCUT2D eigenvalue weighted by molar-refractivity contribution is 5.96. The van der Waals surface area contributed by atoms with Gasteiger partial charge in [0.05, 0.1) is 5.69 Å². The third-order valence-corrected chi connectivity index (χ3v) is 3.85. The second-order valence-corrected chi connectivity index (χ2v) is 5.71. The van der Waals surface area contributed by atoms with Crippen molar-refractivity contribution in [1.29, 1.82) is 0 Å². The Balaban J connectivity index is 1.81. The van der Waals surface area contributed by atoms with Crippen LogP contribution in [-0.2, 0) is 4.79 Å². The number of benzene rings is 1. The number of halogens is 1. The van der Waals surface area contributed by atoms with Crippen LogP contribution in [0.1, 0.15) is 28.9 Å². The number of carbonyl (C=O) groups is 2. The lowest BCUT2D eigenvalue weighted by Crippen LogP contribution is -2.42. The number of amides is 1. The summed E-state index contributed by atoms with van der Waals surface area (Å²) in [6.07, 6.45) is 3.26. The number of hydrogen-bond acceptors (Lipinski definition) is 3. The molecule has 1 fully saturated rings. The van der Waals surface area contributed by atoms with Crippen molar-refractivity contribution in [3.8, 4) is 5.69 Å². The third kappa shape index (κ3) is 3.23. The number of aromatic nitrogens is 2. The van der Waals surface area contributed by atoms with Crippen molar-refractivity contribution in [2.75, 3.05) is 0 Å². The number of carboxylic acid groups (broad SMARTS) is 1. The molecule has 0 saturated heterocycles. The average molecular weight is 317 g/mol. The molecule has 2 aromatic rings. The van der Waals surface area contributed by atoms with E-state index in [1.807, 2.05) is 0 Å². The van der Waals surface area contributed by atoms with Gasteiger partial charge >= 0.3 is 5.97 Å². The van der Waals surface area contributed by atoms with Crippen molar-refractivity contribution in [2.24, 2.45) is 5.92 Å². The molecule has 1 saturated carbocycles. The number of nitrogens with one attached hydrogen (secondary N) is 1. The highest BCUT2D eigenvalue weighted by Gasteiger charge is 2.37. The Morgan fingerprint density at radius 3 is 2.57 bits per heavy atom. The van der Waals surface area contributed by atoms with E-state index in [1.54, 1.807) is 25.3 Å². The number of rotatable bonds is 5. The molecule has 0 bridgehead atoms. The van der Waals surface area contributed by atoms with Gasteiger partial charge in [-0.2, -0.15) is 5.10 Å². The first-order chi connectivity index (χ1) is 11.0. The minimum Gasteiger partial charge on any atom is -0.480 e. The largest absolute Gasteiger partial charge is 0.480 e. The molecule has 1 aliphatic carbocycles. The zero-order valence-corrected chi connectivity index (χ0v) is 12.5. The number of nitrogens with zero attached hydrogens (tertiary/aromatic N) is 2. The van der Waals surface area contributed by atoms with E-state index in [9.17, 15) is 19.1 Å². The van der Waals surface area contributed by atoms with Crippen LogP contribution in [0.25, 0.3) is 5.69 Å². The van der Waals surface area contributed by atoms with Gasteiger partial charge in [-0.25, -0.2) is 13.9 Å². The van der Waals surface area contributed by atoms with E-state index >= 15 is 0 Å². The average Bonchev–Trinajstić information content (AvgIpc) is 3.27. The van der Waals surface area contributed by atoms with E-state index in [4.69, 9.17) is 0 Å². The number of aliphatic carboxylic acids is 1. The molecule has 1 aromatic carbocycles. The molecule has 7 heteroatoms. The first kappa shape index (κ1) is 15.2. The Morgan fingerprint density at radius 1 is 1.35 bits per heavy atom. The maximum Gasteiger partial charge on any atom is 0.326 e. The molecular formula is C16H16FN3O3. The quantitative estimate of drug-likeness (QED) is 0.882. The van der Waals surface area contributed by atoms with Gasteiger partial charge in [0.1, 0.15) is 11.9 Å². The maximum absolute atomic E-state index is 13.0. The minimum atomic E-state index is -1.03. The number of carbonyl (C=O) groups excluding carboxylic acids is 1. The van der Waals surface area contributed by atoms with Gasteiger partial charge in [0, 0.05) is 11.8 Å². The lowest BCUT2D eigenvalue weighted by Gasteiger charge is -2.12. The van der Waals surface area contributed by atoms with Crippen molar-refractivity contribution in [3.63, 3.8) is 0 Å². The Hall–Kier alpha value is -2.70. The molecule has 3 rings (SSSR count). The molecular weight excluding hydrogens is 301 g/mol. The van der Waals surface area contributed by atoms with Crippen molar-refractivity contribution in [2.45, 2.75) is 25.8 Å². The predicted octanol–water partition coefficient (Wildman–Crippen LogP) is 1.91. The lowest BCUT2D eigenvalue weighted by molar-refractivity contribution is -0.139. The summed E-state index contributed by atoms with van der Waals surface area (Å²) < 4.78 is 14.4. The van der Waals surface area contributed by atoms with E-state index in [0.29, 0.717) is 11.3 Å². The molecule has 1 aromatic heterocycles. The van der Waals surface area contributed by atoms with Gasteiger partial charge in [0.25, 0.3) is 5.91 Å². The maximum atomic E-state index is 13.0. The van der Waals surface area contributed by atoms with Gasteiger partial charge in [0.2, 0.25) is 0 Å². The van der Waals surface area contributed by atoms with Crippen molar-refractivity contribution < 1.29 is 19.1 Å². The first-order valence-corrected chi connectivity index (χ1v) is 7.31. The molecule has 1 heterocycles. The number of aryl methyl sites for hydroxylation is 1. The zero-order valence-electron chi connectivity index (χ0n) is 12.5. The van der Waals surface area contributed by atoms with Gasteiger partial charge in [-0.05, 0) is 49.9 Å². The van der Waals surface area contributed by atoms with Gasteiger partial charge in [0.15, 0.2) is 5.69 Å². The van der Waals surface area contributed by atoms with Crippen LogP contribution < -0.4 is 5.32 Å². The summed E-state index contributed by atoms with van der Waals surface area (Å²) in [4.78, 5) is 23.5. The summed E-state index contributed by atoms with van der Waals surface area (Å²) in [6.45, 7) is 1.72. The van der Waals surface area contributed by atoms with Crippen molar-refractivity contribution in [1.82, 2.24) is 15.1 Å². The van der Waals surface area contributed by atoms with E-state index in [1.165, 1.54) is 16.8 Å². The molecule has 1 unspecified atom stereocenters. The van der Waals surface area contributed by atoms with Gasteiger partial charge < -0.3 is 10.4 Å². The normalized spacial score (nSPS) is 15.2. The molecule has 0 aliphatic heterocycles. The van der Waals surface area contributed by atoms with E-state index in [0.717, 1.165) is 12.8 Å². The second-order valence-electron chi connectivity index (χ2n) is 5.71. The fourth-order valence-electron chi connectivity index (χ4n) is 2.43. The molecule has 23 heavy (non-hydrogen) atoms. The molecule has 1 atom stereocenters. The highest BCUT2D eigenvalue weighted by atomic mass is 19.1. The smallest absolute Gasteiger partial charge is 0.326 e. The monoisotopic (exact) mass is 317 g/mol. The van der Waals surface area contributed by atoms with Gasteiger partial charge in [-0.15, -0.1) is 0 Å². The van der Waals surface area contributed by atoms with Gasteiger partial charge in [-0.3, -0.25) is 4.79 Å². The van der Waals surface area contributed by atoms with Crippen LogP contribution in [0, 0.1) is 18.7 Å². The molecule has 1 amide bonds. The molecule has 120 valence electrons. The summed E-state index contributed by atoms with van der Waals surface area (Å²) in [5.74, 6) is -1.90. The first-order valence-electron chi connectivity index (χ1n) is 7.31. The highest BCUT2D eigenvalue weighted by Crippen LogP contribution is 2.32. The van der Waals surface area contributed by atoms with Crippen molar-refractivity contribution >= 4 is 11.9 Å². The molecule has 2 N–H and O–H groups in total. The van der Waals surface area contributed by atoms with Gasteiger partial charge in [-0.1, -0.05) is 0 Å². The number of hydrogen-bond donors (Lipinski definition) is 2. The molecule has 1 aliphatic rings. The Morgan fingerprint density at radius 2 is 2.00 bits per heavy atom. The topological polar surface area (TPSA) is 84.2 Å². The lowest BCUT2D eigenvalue weighted by atomic mass is 10.1. The van der Waals surface area contributed by atoms with Crippen LogP contribution in [0.3, 0.4) is 0 Å². The summed E-state index contributed by atoms with van der Waals surface area (Å²) in [5, 5.41) is 15.9. The van der Waals surface area contributed by atoms with Crippen LogP contribution >= 0.6 is 0 Å². The SMILES string of the molecule is Cc1cn(-c2ccc(F)cc2)nc1C(=O)NC(C(=O)O)C1CC1. The van der Waals surface area contributed by atoms with Crippen molar-refractivity contribution in [3.05, 3.63) is 47.5 Å². The fraction of sp³-hybridized carbons (Fsp3) is 0.312. The summed E-state index contributed by atoms with van der Waals surface area (Å²) in [7, 11) is 0. The summed E-state index contributed by atoms with van der Waals surface area (Å²) in [6, 6.07) is 4.83. The third-order valence-electron chi connectivity index (χ3n) is 3.85. The zero-order chi connectivity index (χ0) is 16.6. The molecule has 0 radical (unpaired) electrons. The standard InChI is InChI=1S/C16H16FN3O3/c1-9-8-20(12-6-4-11(17)5-7-12)19-13(9)15(21)18-14(16(22)23)10-2-3-10/h4-8,10,14H,2-3H2,1H3,(H,18,21)(H,22,23). The Bertz CT molecular complexity index is 750. The second kappa shape index (κ2) is 5.83. The molecule has 0 spiro atoms. The van der Waals surface area contributed by atoms with E-state index in [-0.39, 0.29) is 17.4 Å². The van der Waals surface area contributed by atoms with Crippen LogP contribution in [0.15, 0.2) is 30.5 Å². The van der Waals surface area contributed by atoms with Crippen LogP contribution in [0.4, 0.5) is 4.39 Å². The summed E-state index contributed by atoms with van der Waals surface area (Å²) in [5.41, 5.74) is 1.40. The van der Waals surface area contributed by atoms with E-state index in [2.05, 4.69) is 10.4 Å². The Kier molecular flexibility index (Phi) is 3.85. The van der Waals surface area contributed by atoms with Crippen LogP contribution in [0.2, 0.25) is 0 Å².